The fourth-order valence-electron chi connectivity index (χ4n) is 9.44. The summed E-state index contributed by atoms with van der Waals surface area (Å²) in [5, 5.41) is 13.3. The lowest BCUT2D eigenvalue weighted by molar-refractivity contribution is -0.258. The van der Waals surface area contributed by atoms with Crippen LogP contribution in [0, 0.1) is 34.0 Å². The maximum atomic E-state index is 15.3. The lowest BCUT2D eigenvalue weighted by Crippen LogP contribution is -2.80. The number of esters is 5. The summed E-state index contributed by atoms with van der Waals surface area (Å²) in [6.45, 7) is 14.6. The molecule has 52 heavy (non-hydrogen) atoms. The maximum Gasteiger partial charge on any atom is 0.352 e. The van der Waals surface area contributed by atoms with E-state index in [9.17, 15) is 29.1 Å². The minimum Gasteiger partial charge on any atom is -0.472 e. The van der Waals surface area contributed by atoms with Crippen molar-refractivity contribution in [1.82, 2.24) is 0 Å². The Kier molecular flexibility index (Phi) is 10.2. The molecule has 1 aromatic rings. The van der Waals surface area contributed by atoms with Crippen LogP contribution in [0.15, 0.2) is 45.8 Å². The van der Waals surface area contributed by atoms with Crippen molar-refractivity contribution in [3.63, 3.8) is 0 Å². The standard InChI is InChI=1S/C39H50O13/c1-11-19(3)31(42)51-30-26-23(13-15-37(8)27(26)28(49-21(5)40)33(44)50-29(37)22-14-16-48-18-22)38(9)24(17-25(41)47-10)36(6,7)35(39(30,46)34(38)45)52-32(43)20(4)12-2/h12,14,16,18-19,23-24,28-30,35,46H,11,13,15,17H2,1-10H3/b20-12+/t19?,23-,24-,28+,29-,30-,35-,37?,38-,39+/m0/s1. The third kappa shape index (κ3) is 5.70. The first-order valence-corrected chi connectivity index (χ1v) is 17.8. The highest BCUT2D eigenvalue weighted by atomic mass is 16.6. The summed E-state index contributed by atoms with van der Waals surface area (Å²) < 4.78 is 34.5. The molecule has 2 unspecified atom stereocenters. The number of ether oxygens (including phenoxy) is 5. The number of cyclic esters (lactones) is 1. The number of ketones is 1. The number of furan rings is 1. The predicted molar refractivity (Wildman–Crippen MR) is 182 cm³/mol. The third-order valence-corrected chi connectivity index (χ3v) is 12.5. The minimum absolute atomic E-state index is 0.187. The van der Waals surface area contributed by atoms with Crippen LogP contribution < -0.4 is 0 Å². The van der Waals surface area contributed by atoms with Crippen molar-refractivity contribution in [2.24, 2.45) is 34.0 Å². The fraction of sp³-hybridized carbons (Fsp3) is 0.641. The molecule has 1 saturated heterocycles. The van der Waals surface area contributed by atoms with Crippen LogP contribution in [-0.4, -0.2) is 71.8 Å². The summed E-state index contributed by atoms with van der Waals surface area (Å²) in [6.07, 6.45) is -1.10. The maximum absolute atomic E-state index is 15.3. The summed E-state index contributed by atoms with van der Waals surface area (Å²) in [7, 11) is 1.23. The van der Waals surface area contributed by atoms with Gasteiger partial charge in [-0.2, -0.15) is 0 Å². The molecule has 284 valence electrons. The second-order valence-electron chi connectivity index (χ2n) is 15.7. The zero-order valence-electron chi connectivity index (χ0n) is 31.5. The summed E-state index contributed by atoms with van der Waals surface area (Å²) in [4.78, 5) is 82.6. The van der Waals surface area contributed by atoms with Crippen LogP contribution in [0.4, 0.5) is 0 Å². The number of methoxy groups -OCH3 is 1. The first-order valence-electron chi connectivity index (χ1n) is 17.8. The molecular weight excluding hydrogens is 676 g/mol. The van der Waals surface area contributed by atoms with E-state index in [4.69, 9.17) is 28.1 Å². The van der Waals surface area contributed by atoms with E-state index in [0.29, 0.717) is 12.0 Å². The molecule has 2 saturated carbocycles. The normalized spacial score (nSPS) is 35.7. The van der Waals surface area contributed by atoms with Gasteiger partial charge in [0, 0.05) is 40.7 Å². The first-order chi connectivity index (χ1) is 24.3. The molecule has 3 fully saturated rings. The highest BCUT2D eigenvalue weighted by molar-refractivity contribution is 6.00. The quantitative estimate of drug-likeness (QED) is 0.157. The first kappa shape index (κ1) is 39.0. The molecule has 2 heterocycles. The molecule has 0 amide bonds. The number of hydrogen-bond donors (Lipinski definition) is 1. The third-order valence-electron chi connectivity index (χ3n) is 12.5. The van der Waals surface area contributed by atoms with Crippen molar-refractivity contribution in [1.29, 1.82) is 0 Å². The van der Waals surface area contributed by atoms with Gasteiger partial charge in [-0.05, 0) is 62.2 Å². The Balaban J connectivity index is 1.93. The van der Waals surface area contributed by atoms with Crippen molar-refractivity contribution < 1.29 is 62.0 Å². The summed E-state index contributed by atoms with van der Waals surface area (Å²) in [6, 6.07) is 1.64. The van der Waals surface area contributed by atoms with Crippen LogP contribution in [0.3, 0.4) is 0 Å². The number of carbonyl (C=O) groups excluding carboxylic acids is 6. The second-order valence-corrected chi connectivity index (χ2v) is 15.7. The topological polar surface area (TPSA) is 182 Å². The molecule has 5 rings (SSSR count). The van der Waals surface area contributed by atoms with Crippen LogP contribution in [0.25, 0.3) is 0 Å². The second kappa shape index (κ2) is 13.6. The van der Waals surface area contributed by atoms with Gasteiger partial charge in [0.1, 0.15) is 12.2 Å². The van der Waals surface area contributed by atoms with Crippen LogP contribution in [0.1, 0.15) is 99.7 Å². The molecule has 0 radical (unpaired) electrons. The molecule has 10 atom stereocenters. The van der Waals surface area contributed by atoms with Gasteiger partial charge in [-0.1, -0.05) is 47.6 Å². The van der Waals surface area contributed by atoms with Crippen molar-refractivity contribution in [3.05, 3.63) is 47.0 Å². The molecule has 13 heteroatoms. The Hall–Kier alpha value is -4.26. The van der Waals surface area contributed by atoms with Gasteiger partial charge in [0.15, 0.2) is 11.9 Å². The van der Waals surface area contributed by atoms with E-state index in [2.05, 4.69) is 0 Å². The number of Topliss-reactive ketones (excluding diaryl/α,β-unsaturated/α-hetero) is 1. The van der Waals surface area contributed by atoms with E-state index < -0.39 is 99.6 Å². The number of rotatable bonds is 9. The zero-order valence-corrected chi connectivity index (χ0v) is 31.5. The van der Waals surface area contributed by atoms with E-state index in [1.54, 1.807) is 47.6 Å². The van der Waals surface area contributed by atoms with Crippen LogP contribution in [-0.2, 0) is 52.5 Å². The molecule has 1 N–H and O–H groups in total. The summed E-state index contributed by atoms with van der Waals surface area (Å²) in [5.41, 5.74) is -5.67. The van der Waals surface area contributed by atoms with Crippen molar-refractivity contribution in [3.8, 4) is 0 Å². The summed E-state index contributed by atoms with van der Waals surface area (Å²) in [5.74, 6) is -7.14. The molecule has 1 aliphatic heterocycles. The zero-order chi connectivity index (χ0) is 38.7. The number of allylic oxidation sites excluding steroid dienone is 1. The molecule has 4 aliphatic rings. The van der Waals surface area contributed by atoms with Gasteiger partial charge >= 0.3 is 29.8 Å². The molecule has 1 aromatic heterocycles. The molecule has 2 bridgehead atoms. The van der Waals surface area contributed by atoms with Gasteiger partial charge in [0.2, 0.25) is 11.7 Å². The average Bonchev–Trinajstić information content (AvgIpc) is 3.64. The van der Waals surface area contributed by atoms with E-state index in [1.807, 2.05) is 6.92 Å². The lowest BCUT2D eigenvalue weighted by Gasteiger charge is -2.67. The van der Waals surface area contributed by atoms with Crippen LogP contribution in [0.5, 0.6) is 0 Å². The Morgan fingerprint density at radius 1 is 1.08 bits per heavy atom. The van der Waals surface area contributed by atoms with Gasteiger partial charge in [-0.15, -0.1) is 0 Å². The Morgan fingerprint density at radius 2 is 1.75 bits per heavy atom. The Morgan fingerprint density at radius 3 is 2.31 bits per heavy atom. The SMILES string of the molecule is C/C=C(\C)C(=O)O[C@H]1C(C)(C)[C@H](CC(=O)OC)[C@@]2(C)C(=O)[C@]1(O)[C@@H](OC(=O)C(C)CC)C1=C3[C@@H](OC(C)=O)C(=O)O[C@@H](c4ccoc4)C3(C)CC[C@@H]12. The highest BCUT2D eigenvalue weighted by Gasteiger charge is 2.79. The largest absolute Gasteiger partial charge is 0.472 e. The van der Waals surface area contributed by atoms with E-state index >= 15 is 4.79 Å². The van der Waals surface area contributed by atoms with Gasteiger partial charge < -0.3 is 33.2 Å². The van der Waals surface area contributed by atoms with E-state index in [1.165, 1.54) is 32.6 Å². The van der Waals surface area contributed by atoms with Crippen LogP contribution >= 0.6 is 0 Å². The molecule has 3 aliphatic carbocycles. The van der Waals surface area contributed by atoms with Gasteiger partial charge in [0.05, 0.1) is 25.6 Å². The Labute approximate surface area is 303 Å². The number of carbonyl (C=O) groups is 6. The minimum atomic E-state index is -2.73. The van der Waals surface area contributed by atoms with Crippen molar-refractivity contribution >= 4 is 35.6 Å². The molecule has 13 nitrogen and oxygen atoms in total. The molecule has 0 aromatic carbocycles. The number of aliphatic hydroxyl groups is 1. The monoisotopic (exact) mass is 726 g/mol. The predicted octanol–water partition coefficient (Wildman–Crippen LogP) is 4.90. The molecule has 0 spiro atoms. The van der Waals surface area contributed by atoms with E-state index in [0.717, 1.165) is 6.92 Å². The van der Waals surface area contributed by atoms with Gasteiger partial charge in [0.25, 0.3) is 0 Å². The number of fused-ring (bicyclic) bond motifs is 5. The average molecular weight is 727 g/mol. The highest BCUT2D eigenvalue weighted by Crippen LogP contribution is 2.69. The number of hydrogen-bond acceptors (Lipinski definition) is 13. The van der Waals surface area contributed by atoms with E-state index in [-0.39, 0.29) is 36.0 Å². The van der Waals surface area contributed by atoms with Gasteiger partial charge in [-0.25, -0.2) is 9.59 Å². The fourth-order valence-corrected chi connectivity index (χ4v) is 9.44. The van der Waals surface area contributed by atoms with Crippen LogP contribution in [0.2, 0.25) is 0 Å². The summed E-state index contributed by atoms with van der Waals surface area (Å²) >= 11 is 0. The van der Waals surface area contributed by atoms with Crippen molar-refractivity contribution in [2.45, 2.75) is 118 Å². The Bertz CT molecular complexity index is 1720. The van der Waals surface area contributed by atoms with Crippen molar-refractivity contribution in [2.75, 3.05) is 7.11 Å². The smallest absolute Gasteiger partial charge is 0.352 e. The lowest BCUT2D eigenvalue weighted by atomic mass is 9.38. The van der Waals surface area contributed by atoms with Gasteiger partial charge in [-0.3, -0.25) is 19.2 Å². The molecular formula is C39H50O13.